The van der Waals surface area contributed by atoms with E-state index in [2.05, 4.69) is 5.32 Å². The second-order valence-corrected chi connectivity index (χ2v) is 7.20. The Bertz CT molecular complexity index is 1070. The Kier molecular flexibility index (Phi) is 6.92. The van der Waals surface area contributed by atoms with Crippen molar-refractivity contribution in [2.45, 2.75) is 26.3 Å². The van der Waals surface area contributed by atoms with Gasteiger partial charge in [-0.05, 0) is 61.0 Å². The molecule has 3 aromatic rings. The van der Waals surface area contributed by atoms with E-state index < -0.39 is 17.8 Å². The Morgan fingerprint density at radius 2 is 1.42 bits per heavy atom. The van der Waals surface area contributed by atoms with Crippen molar-refractivity contribution in [3.63, 3.8) is 0 Å². The number of carbonyl (C=O) groups excluding carboxylic acids is 3. The fourth-order valence-electron chi connectivity index (χ4n) is 3.08. The number of rotatable bonds is 7. The van der Waals surface area contributed by atoms with Crippen molar-refractivity contribution >= 4 is 17.7 Å². The van der Waals surface area contributed by atoms with Crippen LogP contribution in [-0.2, 0) is 9.59 Å². The Morgan fingerprint density at radius 3 is 1.97 bits per heavy atom. The molecule has 31 heavy (non-hydrogen) atoms. The van der Waals surface area contributed by atoms with Gasteiger partial charge in [0.1, 0.15) is 11.6 Å². The van der Waals surface area contributed by atoms with Crippen molar-refractivity contribution in [3.05, 3.63) is 101 Å². The average molecular weight is 419 g/mol. The Morgan fingerprint density at radius 1 is 0.871 bits per heavy atom. The summed E-state index contributed by atoms with van der Waals surface area (Å²) in [4.78, 5) is 36.4. The van der Waals surface area contributed by atoms with E-state index in [4.69, 9.17) is 4.74 Å². The van der Waals surface area contributed by atoms with Crippen LogP contribution in [0.2, 0.25) is 0 Å². The predicted octanol–water partition coefficient (Wildman–Crippen LogP) is 4.54. The monoisotopic (exact) mass is 419 g/mol. The quantitative estimate of drug-likeness (QED) is 0.347. The average Bonchev–Trinajstić information content (AvgIpc) is 2.74. The van der Waals surface area contributed by atoms with Crippen LogP contribution in [0.4, 0.5) is 4.39 Å². The van der Waals surface area contributed by atoms with Gasteiger partial charge in [-0.1, -0.05) is 29.8 Å². The summed E-state index contributed by atoms with van der Waals surface area (Å²) in [6, 6.07) is 18.4. The number of ketones is 1. The van der Waals surface area contributed by atoms with Gasteiger partial charge in [0.15, 0.2) is 5.78 Å². The third kappa shape index (κ3) is 6.09. The second-order valence-electron chi connectivity index (χ2n) is 7.20. The summed E-state index contributed by atoms with van der Waals surface area (Å²) in [5, 5.41) is 2.77. The molecule has 0 saturated carbocycles. The smallest absolute Gasteiger partial charge is 0.313 e. The zero-order chi connectivity index (χ0) is 22.4. The normalized spacial score (nSPS) is 11.5. The summed E-state index contributed by atoms with van der Waals surface area (Å²) in [5.74, 6) is -1.16. The molecule has 1 atom stereocenters. The first-order valence-electron chi connectivity index (χ1n) is 9.76. The van der Waals surface area contributed by atoms with Crippen LogP contribution < -0.4 is 10.1 Å². The van der Waals surface area contributed by atoms with Crippen LogP contribution in [0.5, 0.6) is 5.75 Å². The first-order chi connectivity index (χ1) is 14.8. The number of carbonyl (C=O) groups is 3. The van der Waals surface area contributed by atoms with E-state index in [9.17, 15) is 18.8 Å². The molecule has 1 N–H and O–H groups in total. The number of amides is 1. The van der Waals surface area contributed by atoms with Gasteiger partial charge in [-0.3, -0.25) is 14.4 Å². The molecule has 0 saturated heterocycles. The molecule has 0 aliphatic carbocycles. The van der Waals surface area contributed by atoms with Crippen LogP contribution >= 0.6 is 0 Å². The van der Waals surface area contributed by atoms with Gasteiger partial charge in [0.25, 0.3) is 0 Å². The molecular weight excluding hydrogens is 397 g/mol. The first kappa shape index (κ1) is 21.9. The molecule has 0 spiro atoms. The van der Waals surface area contributed by atoms with Gasteiger partial charge in [0.2, 0.25) is 5.91 Å². The van der Waals surface area contributed by atoms with Crippen LogP contribution in [0.1, 0.15) is 46.4 Å². The molecule has 0 aromatic heterocycles. The highest BCUT2D eigenvalue weighted by Gasteiger charge is 2.19. The molecule has 3 aromatic carbocycles. The molecular formula is C25H22FNO4. The lowest BCUT2D eigenvalue weighted by Crippen LogP contribution is -2.29. The van der Waals surface area contributed by atoms with E-state index >= 15 is 0 Å². The van der Waals surface area contributed by atoms with Crippen LogP contribution in [0.25, 0.3) is 0 Å². The number of esters is 1. The SMILES string of the molecule is CC(=O)NC(CC(=O)Oc1ccc(C(=O)c2ccc(F)cc2)cc1)c1ccc(C)cc1. The maximum absolute atomic E-state index is 13.0. The summed E-state index contributed by atoms with van der Waals surface area (Å²) in [7, 11) is 0. The second kappa shape index (κ2) is 9.80. The molecule has 0 aliphatic rings. The maximum Gasteiger partial charge on any atom is 0.313 e. The third-order valence-electron chi connectivity index (χ3n) is 4.68. The topological polar surface area (TPSA) is 72.5 Å². The molecule has 1 amide bonds. The Labute approximate surface area is 179 Å². The van der Waals surface area contributed by atoms with Gasteiger partial charge in [-0.15, -0.1) is 0 Å². The van der Waals surface area contributed by atoms with E-state index in [1.165, 1.54) is 43.3 Å². The van der Waals surface area contributed by atoms with Crippen molar-refractivity contribution in [1.82, 2.24) is 5.32 Å². The van der Waals surface area contributed by atoms with Gasteiger partial charge in [-0.25, -0.2) is 4.39 Å². The summed E-state index contributed by atoms with van der Waals surface area (Å²) < 4.78 is 18.4. The first-order valence-corrected chi connectivity index (χ1v) is 9.76. The van der Waals surface area contributed by atoms with Crippen LogP contribution in [-0.4, -0.2) is 17.7 Å². The largest absolute Gasteiger partial charge is 0.426 e. The molecule has 6 heteroatoms. The molecule has 158 valence electrons. The van der Waals surface area contributed by atoms with Crippen molar-refractivity contribution in [1.29, 1.82) is 0 Å². The minimum Gasteiger partial charge on any atom is -0.426 e. The number of hydrogen-bond acceptors (Lipinski definition) is 4. The van der Waals surface area contributed by atoms with Crippen molar-refractivity contribution in [3.8, 4) is 5.75 Å². The molecule has 0 fully saturated rings. The van der Waals surface area contributed by atoms with E-state index in [0.717, 1.165) is 11.1 Å². The van der Waals surface area contributed by atoms with Crippen LogP contribution in [0.3, 0.4) is 0 Å². The van der Waals surface area contributed by atoms with Crippen LogP contribution in [0.15, 0.2) is 72.8 Å². The van der Waals surface area contributed by atoms with Gasteiger partial charge >= 0.3 is 5.97 Å². The zero-order valence-electron chi connectivity index (χ0n) is 17.2. The van der Waals surface area contributed by atoms with E-state index in [1.807, 2.05) is 31.2 Å². The number of halogens is 1. The molecule has 0 aliphatic heterocycles. The van der Waals surface area contributed by atoms with E-state index in [0.29, 0.717) is 11.1 Å². The molecule has 3 rings (SSSR count). The standard InChI is InChI=1S/C25H22FNO4/c1-16-3-5-18(6-4-16)23(27-17(2)28)15-24(29)31-22-13-9-20(10-14-22)25(30)19-7-11-21(26)12-8-19/h3-14,23H,15H2,1-2H3,(H,27,28). The molecule has 0 bridgehead atoms. The summed E-state index contributed by atoms with van der Waals surface area (Å²) in [6.45, 7) is 3.35. The fraction of sp³-hybridized carbons (Fsp3) is 0.160. The minimum atomic E-state index is -0.517. The number of ether oxygens (including phenoxy) is 1. The van der Waals surface area contributed by atoms with Gasteiger partial charge < -0.3 is 10.1 Å². The highest BCUT2D eigenvalue weighted by molar-refractivity contribution is 6.09. The molecule has 0 heterocycles. The van der Waals surface area contributed by atoms with Crippen molar-refractivity contribution in [2.75, 3.05) is 0 Å². The summed E-state index contributed by atoms with van der Waals surface area (Å²) >= 11 is 0. The highest BCUT2D eigenvalue weighted by Crippen LogP contribution is 2.21. The summed E-state index contributed by atoms with van der Waals surface area (Å²) in [6.07, 6.45) is -0.0428. The third-order valence-corrected chi connectivity index (χ3v) is 4.68. The number of benzene rings is 3. The Hall–Kier alpha value is -3.80. The number of aryl methyl sites for hydroxylation is 1. The van der Waals surface area contributed by atoms with Gasteiger partial charge in [0, 0.05) is 18.1 Å². The molecule has 0 radical (unpaired) electrons. The fourth-order valence-corrected chi connectivity index (χ4v) is 3.08. The number of nitrogens with one attached hydrogen (secondary N) is 1. The van der Waals surface area contributed by atoms with Crippen LogP contribution in [0, 0.1) is 12.7 Å². The lowest BCUT2D eigenvalue weighted by atomic mass is 10.0. The number of hydrogen-bond donors (Lipinski definition) is 1. The van der Waals surface area contributed by atoms with Crippen molar-refractivity contribution in [2.24, 2.45) is 0 Å². The highest BCUT2D eigenvalue weighted by atomic mass is 19.1. The maximum atomic E-state index is 13.0. The van der Waals surface area contributed by atoms with E-state index in [-0.39, 0.29) is 23.9 Å². The van der Waals surface area contributed by atoms with E-state index in [1.54, 1.807) is 12.1 Å². The minimum absolute atomic E-state index is 0.0428. The van der Waals surface area contributed by atoms with Gasteiger partial charge in [-0.2, -0.15) is 0 Å². The van der Waals surface area contributed by atoms with Gasteiger partial charge in [0.05, 0.1) is 12.5 Å². The molecule has 5 nitrogen and oxygen atoms in total. The summed E-state index contributed by atoms with van der Waals surface area (Å²) in [5.41, 5.74) is 2.63. The van der Waals surface area contributed by atoms with Crippen molar-refractivity contribution < 1.29 is 23.5 Å². The molecule has 1 unspecified atom stereocenters. The lowest BCUT2D eigenvalue weighted by molar-refractivity contribution is -0.135. The Balaban J connectivity index is 1.66. The zero-order valence-corrected chi connectivity index (χ0v) is 17.2. The lowest BCUT2D eigenvalue weighted by Gasteiger charge is -2.18. The predicted molar refractivity (Wildman–Crippen MR) is 114 cm³/mol.